The highest BCUT2D eigenvalue weighted by atomic mass is 32.1. The fraction of sp³-hybridized carbons (Fsp3) is 0.167. The molecule has 31 heavy (non-hydrogen) atoms. The van der Waals surface area contributed by atoms with Crippen LogP contribution in [-0.4, -0.2) is 32.5 Å². The molecule has 4 rings (SSSR count). The van der Waals surface area contributed by atoms with Crippen molar-refractivity contribution in [1.82, 2.24) is 0 Å². The first-order valence-electron chi connectivity index (χ1n) is 9.93. The van der Waals surface area contributed by atoms with Gasteiger partial charge < -0.3 is 15.0 Å². The minimum atomic E-state index is -0.390. The lowest BCUT2D eigenvalue weighted by Crippen LogP contribution is -2.32. The molecule has 0 radical (unpaired) electrons. The molecule has 0 aliphatic carbocycles. The summed E-state index contributed by atoms with van der Waals surface area (Å²) in [5.41, 5.74) is 2.90. The Morgan fingerprint density at radius 2 is 1.77 bits per heavy atom. The van der Waals surface area contributed by atoms with E-state index in [4.69, 9.17) is 4.74 Å². The van der Waals surface area contributed by atoms with Crippen LogP contribution in [0.1, 0.15) is 11.8 Å². The van der Waals surface area contributed by atoms with Gasteiger partial charge in [0.25, 0.3) is 11.8 Å². The maximum atomic E-state index is 13.4. The average molecular weight is 434 g/mol. The fourth-order valence-electron chi connectivity index (χ4n) is 3.40. The van der Waals surface area contributed by atoms with Gasteiger partial charge in [-0.15, -0.1) is 11.3 Å². The molecular formula is C24H23N3O3S. The normalized spacial score (nSPS) is 13.7. The van der Waals surface area contributed by atoms with Crippen molar-refractivity contribution in [2.45, 2.75) is 6.92 Å². The summed E-state index contributed by atoms with van der Waals surface area (Å²) in [5.74, 6) is -0.133. The van der Waals surface area contributed by atoms with E-state index in [1.165, 1.54) is 16.2 Å². The van der Waals surface area contributed by atoms with Crippen LogP contribution >= 0.6 is 11.3 Å². The van der Waals surface area contributed by atoms with Crippen LogP contribution in [0.25, 0.3) is 5.57 Å². The summed E-state index contributed by atoms with van der Waals surface area (Å²) < 4.78 is 5.55. The molecular weight excluding hydrogens is 410 g/mol. The highest BCUT2D eigenvalue weighted by molar-refractivity contribution is 7.11. The second-order valence-corrected chi connectivity index (χ2v) is 8.12. The number of rotatable bonds is 7. The van der Waals surface area contributed by atoms with Crippen molar-refractivity contribution in [3.63, 3.8) is 0 Å². The van der Waals surface area contributed by atoms with Gasteiger partial charge in [0.2, 0.25) is 0 Å². The predicted octanol–water partition coefficient (Wildman–Crippen LogP) is 4.61. The van der Waals surface area contributed by atoms with Crippen LogP contribution in [0, 0.1) is 0 Å². The molecule has 3 aromatic rings. The van der Waals surface area contributed by atoms with E-state index in [0.717, 1.165) is 16.3 Å². The van der Waals surface area contributed by atoms with E-state index in [2.05, 4.69) is 5.32 Å². The minimum absolute atomic E-state index is 0.270. The van der Waals surface area contributed by atoms with Crippen molar-refractivity contribution in [3.05, 3.63) is 76.6 Å². The van der Waals surface area contributed by atoms with Crippen LogP contribution in [0.3, 0.4) is 0 Å². The Bertz CT molecular complexity index is 1140. The zero-order valence-corrected chi connectivity index (χ0v) is 18.4. The third-order valence-corrected chi connectivity index (χ3v) is 5.78. The third-order valence-electron chi connectivity index (χ3n) is 4.89. The van der Waals surface area contributed by atoms with E-state index < -0.39 is 5.91 Å². The molecule has 1 aliphatic rings. The summed E-state index contributed by atoms with van der Waals surface area (Å²) in [6.45, 7) is 2.39. The lowest BCUT2D eigenvalue weighted by molar-refractivity contribution is -0.120. The van der Waals surface area contributed by atoms with E-state index in [1.54, 1.807) is 24.3 Å². The molecule has 2 heterocycles. The van der Waals surface area contributed by atoms with Crippen LogP contribution in [0.15, 0.2) is 71.7 Å². The number of anilines is 3. The van der Waals surface area contributed by atoms with Crippen molar-refractivity contribution in [1.29, 1.82) is 0 Å². The van der Waals surface area contributed by atoms with E-state index in [9.17, 15) is 9.59 Å². The summed E-state index contributed by atoms with van der Waals surface area (Å²) in [7, 11) is 3.93. The van der Waals surface area contributed by atoms with Crippen molar-refractivity contribution in [3.8, 4) is 5.75 Å². The number of ether oxygens (including phenoxy) is 1. The molecule has 0 spiro atoms. The van der Waals surface area contributed by atoms with Gasteiger partial charge in [0.1, 0.15) is 11.4 Å². The smallest absolute Gasteiger partial charge is 0.282 e. The van der Waals surface area contributed by atoms with Crippen molar-refractivity contribution in [2.24, 2.45) is 0 Å². The first-order chi connectivity index (χ1) is 15.0. The zero-order valence-electron chi connectivity index (χ0n) is 17.6. The maximum absolute atomic E-state index is 13.4. The van der Waals surface area contributed by atoms with Gasteiger partial charge >= 0.3 is 0 Å². The number of amides is 2. The average Bonchev–Trinajstić information content (AvgIpc) is 3.36. The van der Waals surface area contributed by atoms with Crippen molar-refractivity contribution in [2.75, 3.05) is 35.8 Å². The van der Waals surface area contributed by atoms with Gasteiger partial charge in [0.05, 0.1) is 17.9 Å². The number of nitrogens with one attached hydrogen (secondary N) is 1. The number of hydrogen-bond acceptors (Lipinski definition) is 6. The molecule has 0 fully saturated rings. The molecule has 0 bridgehead atoms. The van der Waals surface area contributed by atoms with Crippen molar-refractivity contribution < 1.29 is 14.3 Å². The number of thiophene rings is 1. The summed E-state index contributed by atoms with van der Waals surface area (Å²) in [6.07, 6.45) is 0. The van der Waals surface area contributed by atoms with E-state index >= 15 is 0 Å². The first kappa shape index (κ1) is 20.7. The Kier molecular flexibility index (Phi) is 5.77. The third kappa shape index (κ3) is 4.04. The molecule has 2 aromatic carbocycles. The maximum Gasteiger partial charge on any atom is 0.282 e. The van der Waals surface area contributed by atoms with Gasteiger partial charge in [-0.3, -0.25) is 9.59 Å². The molecule has 0 atom stereocenters. The highest BCUT2D eigenvalue weighted by Gasteiger charge is 2.40. The van der Waals surface area contributed by atoms with Crippen LogP contribution in [0.2, 0.25) is 0 Å². The summed E-state index contributed by atoms with van der Waals surface area (Å²) in [5, 5.41) is 5.08. The fourth-order valence-corrected chi connectivity index (χ4v) is 4.16. The lowest BCUT2D eigenvalue weighted by Gasteiger charge is -2.17. The molecule has 0 saturated carbocycles. The quantitative estimate of drug-likeness (QED) is 0.552. The van der Waals surface area contributed by atoms with Crippen molar-refractivity contribution >= 4 is 45.8 Å². The topological polar surface area (TPSA) is 61.9 Å². The summed E-state index contributed by atoms with van der Waals surface area (Å²) >= 11 is 1.43. The summed E-state index contributed by atoms with van der Waals surface area (Å²) in [4.78, 5) is 30.7. The molecule has 2 amide bonds. The van der Waals surface area contributed by atoms with Gasteiger partial charge in [0, 0.05) is 36.4 Å². The van der Waals surface area contributed by atoms with Gasteiger partial charge in [-0.05, 0) is 54.8 Å². The van der Waals surface area contributed by atoms with Gasteiger partial charge in [-0.25, -0.2) is 4.90 Å². The van der Waals surface area contributed by atoms with E-state index in [1.807, 2.05) is 67.7 Å². The Labute approximate surface area is 185 Å². The van der Waals surface area contributed by atoms with Gasteiger partial charge in [-0.1, -0.05) is 12.1 Å². The van der Waals surface area contributed by atoms with Crippen LogP contribution in [-0.2, 0) is 9.59 Å². The number of benzene rings is 2. The summed E-state index contributed by atoms with van der Waals surface area (Å²) in [6, 6.07) is 18.4. The molecule has 1 aromatic heterocycles. The van der Waals surface area contributed by atoms with E-state index in [-0.39, 0.29) is 11.6 Å². The number of carbonyl (C=O) groups is 2. The first-order valence-corrected chi connectivity index (χ1v) is 10.8. The number of imide groups is 1. The number of hydrogen-bond donors (Lipinski definition) is 1. The van der Waals surface area contributed by atoms with Crippen LogP contribution in [0.5, 0.6) is 5.75 Å². The Hall–Kier alpha value is -3.58. The predicted molar refractivity (Wildman–Crippen MR) is 126 cm³/mol. The Morgan fingerprint density at radius 3 is 2.42 bits per heavy atom. The SMILES string of the molecule is CCOc1cccc(N2C(=O)C(Nc3ccc(N(C)C)cc3)=C(c3cccs3)C2=O)c1. The number of carbonyl (C=O) groups excluding carboxylic acids is 2. The van der Waals surface area contributed by atoms with Crippen LogP contribution in [0.4, 0.5) is 17.1 Å². The van der Waals surface area contributed by atoms with Gasteiger partial charge in [-0.2, -0.15) is 0 Å². The zero-order chi connectivity index (χ0) is 22.0. The monoisotopic (exact) mass is 433 g/mol. The molecule has 0 saturated heterocycles. The van der Waals surface area contributed by atoms with E-state index in [0.29, 0.717) is 23.6 Å². The molecule has 0 unspecified atom stereocenters. The Balaban J connectivity index is 1.72. The Morgan fingerprint density at radius 1 is 1.00 bits per heavy atom. The molecule has 1 N–H and O–H groups in total. The lowest BCUT2D eigenvalue weighted by atomic mass is 10.1. The second kappa shape index (κ2) is 8.65. The largest absolute Gasteiger partial charge is 0.494 e. The van der Waals surface area contributed by atoms with Gasteiger partial charge in [0.15, 0.2) is 0 Å². The highest BCUT2D eigenvalue weighted by Crippen LogP contribution is 2.36. The molecule has 7 heteroatoms. The molecule has 1 aliphatic heterocycles. The second-order valence-electron chi connectivity index (χ2n) is 7.17. The van der Waals surface area contributed by atoms with Crippen LogP contribution < -0.4 is 19.9 Å². The molecule has 6 nitrogen and oxygen atoms in total. The minimum Gasteiger partial charge on any atom is -0.494 e. The molecule has 158 valence electrons. The number of nitrogens with zero attached hydrogens (tertiary/aromatic N) is 2. The standard InChI is InChI=1S/C24H23N3O3S/c1-4-30-19-8-5-7-18(15-19)27-23(28)21(20-9-6-14-31-20)22(24(27)29)25-16-10-12-17(13-11-16)26(2)3/h5-15,25H,4H2,1-3H3.